The molecule has 0 heterocycles. The molecule has 3 heteroatoms. The standard InChI is InChI=1S/C27H36O2.CH5N/c1-16-8-10-25(3)12-13-27(5)19(21(25)14-16)9-11-26(4)20-15-22(28)24(29)17(2)18(20)6-7-23(26)27;1-2/h6-7,15-16,19,21,29H,8-14H2,1-5H3;2H2,1H3. The molecular weight excluding hydrogens is 382 g/mol. The van der Waals surface area contributed by atoms with Crippen LogP contribution in [0, 0.1) is 34.0 Å². The number of aliphatic hydroxyl groups is 1. The Hall–Kier alpha value is -1.61. The first-order valence-electron chi connectivity index (χ1n) is 12.3. The lowest BCUT2D eigenvalue weighted by atomic mass is 9.40. The number of ketones is 1. The normalized spacial score (nSPS) is 43.8. The van der Waals surface area contributed by atoms with E-state index in [0.717, 1.165) is 40.9 Å². The zero-order valence-corrected chi connectivity index (χ0v) is 20.3. The molecule has 0 radical (unpaired) electrons. The minimum atomic E-state index is -0.221. The molecule has 3 nitrogen and oxygen atoms in total. The second kappa shape index (κ2) is 7.47. The van der Waals surface area contributed by atoms with Crippen LogP contribution < -0.4 is 5.73 Å². The van der Waals surface area contributed by atoms with E-state index >= 15 is 0 Å². The van der Waals surface area contributed by atoms with E-state index in [2.05, 4.69) is 45.6 Å². The summed E-state index contributed by atoms with van der Waals surface area (Å²) in [5.41, 5.74) is 9.68. The van der Waals surface area contributed by atoms with Crippen LogP contribution in [0.3, 0.4) is 0 Å². The molecule has 5 aliphatic carbocycles. The van der Waals surface area contributed by atoms with E-state index in [4.69, 9.17) is 0 Å². The summed E-state index contributed by atoms with van der Waals surface area (Å²) in [6.07, 6.45) is 15.5. The monoisotopic (exact) mass is 423 g/mol. The zero-order valence-electron chi connectivity index (χ0n) is 20.3. The van der Waals surface area contributed by atoms with Gasteiger partial charge >= 0.3 is 0 Å². The van der Waals surface area contributed by atoms with Gasteiger partial charge in [0.25, 0.3) is 0 Å². The largest absolute Gasteiger partial charge is 0.504 e. The van der Waals surface area contributed by atoms with Crippen LogP contribution in [0.1, 0.15) is 79.6 Å². The zero-order chi connectivity index (χ0) is 22.8. The lowest BCUT2D eigenvalue weighted by molar-refractivity contribution is -0.114. The summed E-state index contributed by atoms with van der Waals surface area (Å²) in [7, 11) is 1.50. The van der Waals surface area contributed by atoms with Crippen molar-refractivity contribution in [3.05, 3.63) is 46.3 Å². The van der Waals surface area contributed by atoms with Crippen LogP contribution >= 0.6 is 0 Å². The number of nitrogens with two attached hydrogens (primary N) is 1. The Morgan fingerprint density at radius 3 is 2.42 bits per heavy atom. The maximum absolute atomic E-state index is 12.5. The van der Waals surface area contributed by atoms with E-state index in [-0.39, 0.29) is 22.4 Å². The number of carbonyl (C=O) groups is 1. The van der Waals surface area contributed by atoms with Crippen LogP contribution in [0.25, 0.3) is 0 Å². The minimum absolute atomic E-state index is 0.0787. The van der Waals surface area contributed by atoms with Crippen molar-refractivity contribution in [3.8, 4) is 0 Å². The van der Waals surface area contributed by atoms with Gasteiger partial charge < -0.3 is 10.8 Å². The predicted octanol–water partition coefficient (Wildman–Crippen LogP) is 6.43. The van der Waals surface area contributed by atoms with Gasteiger partial charge in [-0.05, 0) is 98.3 Å². The molecule has 0 aromatic rings. The molecule has 3 saturated carbocycles. The third kappa shape index (κ3) is 3.06. The molecule has 170 valence electrons. The Balaban J connectivity index is 0.00000112. The van der Waals surface area contributed by atoms with Gasteiger partial charge in [0.05, 0.1) is 0 Å². The molecular formula is C28H41NO2. The van der Waals surface area contributed by atoms with Gasteiger partial charge in [-0.1, -0.05) is 51.8 Å². The highest BCUT2D eigenvalue weighted by Crippen LogP contribution is 2.69. The van der Waals surface area contributed by atoms with Crippen LogP contribution in [0.15, 0.2) is 46.3 Å². The highest BCUT2D eigenvalue weighted by Gasteiger charge is 2.60. The van der Waals surface area contributed by atoms with E-state index in [1.807, 2.05) is 6.92 Å². The van der Waals surface area contributed by atoms with Crippen molar-refractivity contribution in [2.24, 2.45) is 39.7 Å². The lowest BCUT2D eigenvalue weighted by Crippen LogP contribution is -2.55. The van der Waals surface area contributed by atoms with E-state index in [0.29, 0.717) is 5.41 Å². The van der Waals surface area contributed by atoms with Crippen molar-refractivity contribution >= 4 is 5.78 Å². The maximum Gasteiger partial charge on any atom is 0.220 e. The first kappa shape index (κ1) is 22.6. The van der Waals surface area contributed by atoms with Crippen LogP contribution in [0.2, 0.25) is 0 Å². The van der Waals surface area contributed by atoms with Gasteiger partial charge in [0.1, 0.15) is 0 Å². The molecule has 0 saturated heterocycles. The number of hydrogen-bond acceptors (Lipinski definition) is 3. The van der Waals surface area contributed by atoms with Gasteiger partial charge in [-0.2, -0.15) is 0 Å². The van der Waals surface area contributed by atoms with E-state index in [1.54, 1.807) is 11.6 Å². The quantitative estimate of drug-likeness (QED) is 0.472. The fourth-order valence-electron chi connectivity index (χ4n) is 8.08. The Bertz CT molecular complexity index is 921. The van der Waals surface area contributed by atoms with Crippen LogP contribution in [0.5, 0.6) is 0 Å². The first-order chi connectivity index (χ1) is 14.6. The predicted molar refractivity (Wildman–Crippen MR) is 127 cm³/mol. The number of carbonyl (C=O) groups excluding carboxylic acids is 1. The molecule has 3 N–H and O–H groups in total. The Kier molecular flexibility index (Phi) is 5.44. The average molecular weight is 424 g/mol. The molecule has 0 aliphatic heterocycles. The van der Waals surface area contributed by atoms with E-state index in [1.165, 1.54) is 45.6 Å². The van der Waals surface area contributed by atoms with Crippen molar-refractivity contribution in [2.45, 2.75) is 79.6 Å². The van der Waals surface area contributed by atoms with Gasteiger partial charge in [-0.25, -0.2) is 0 Å². The highest BCUT2D eigenvalue weighted by molar-refractivity contribution is 6.06. The molecule has 6 atom stereocenters. The third-order valence-corrected chi connectivity index (χ3v) is 10.0. The minimum Gasteiger partial charge on any atom is -0.504 e. The first-order valence-corrected chi connectivity index (χ1v) is 12.3. The molecule has 31 heavy (non-hydrogen) atoms. The van der Waals surface area contributed by atoms with Gasteiger partial charge in [0, 0.05) is 11.0 Å². The fraction of sp³-hybridized carbons (Fsp3) is 0.679. The van der Waals surface area contributed by atoms with Crippen LogP contribution in [-0.4, -0.2) is 17.9 Å². The molecule has 0 aromatic carbocycles. The SMILES string of the molecule is CC1=C(O)C(=O)C=C2C1=CC=C1C2(C)CCC2C3CC(C)CCC3(C)CCC12C.CN. The van der Waals surface area contributed by atoms with Crippen molar-refractivity contribution in [1.82, 2.24) is 0 Å². The second-order valence-electron chi connectivity index (χ2n) is 11.6. The summed E-state index contributed by atoms with van der Waals surface area (Å²) >= 11 is 0. The van der Waals surface area contributed by atoms with Crippen LogP contribution in [-0.2, 0) is 4.79 Å². The maximum atomic E-state index is 12.5. The second-order valence-corrected chi connectivity index (χ2v) is 11.6. The smallest absolute Gasteiger partial charge is 0.220 e. The van der Waals surface area contributed by atoms with Crippen LogP contribution in [0.4, 0.5) is 0 Å². The summed E-state index contributed by atoms with van der Waals surface area (Å²) in [5, 5.41) is 10.2. The number of rotatable bonds is 0. The molecule has 3 fully saturated rings. The molecule has 5 rings (SSSR count). The number of fused-ring (bicyclic) bond motifs is 7. The van der Waals surface area contributed by atoms with Gasteiger partial charge in [0.2, 0.25) is 5.78 Å². The van der Waals surface area contributed by atoms with Gasteiger partial charge in [0.15, 0.2) is 5.76 Å². The van der Waals surface area contributed by atoms with Crippen molar-refractivity contribution in [3.63, 3.8) is 0 Å². The average Bonchev–Trinajstić information content (AvgIpc) is 2.75. The number of allylic oxidation sites excluding steroid dienone is 7. The van der Waals surface area contributed by atoms with E-state index in [9.17, 15) is 9.90 Å². The molecule has 0 aromatic heterocycles. The summed E-state index contributed by atoms with van der Waals surface area (Å²) in [6, 6.07) is 0. The summed E-state index contributed by atoms with van der Waals surface area (Å²) in [6.45, 7) is 11.8. The molecule has 5 aliphatic rings. The van der Waals surface area contributed by atoms with E-state index < -0.39 is 0 Å². The Labute approximate surface area is 188 Å². The summed E-state index contributed by atoms with van der Waals surface area (Å²) in [5.74, 6) is 2.13. The van der Waals surface area contributed by atoms with Crippen molar-refractivity contribution in [2.75, 3.05) is 7.05 Å². The summed E-state index contributed by atoms with van der Waals surface area (Å²) in [4.78, 5) is 12.5. The topological polar surface area (TPSA) is 63.3 Å². The molecule has 0 amide bonds. The van der Waals surface area contributed by atoms with Crippen molar-refractivity contribution in [1.29, 1.82) is 0 Å². The van der Waals surface area contributed by atoms with Gasteiger partial charge in [-0.3, -0.25) is 4.79 Å². The highest BCUT2D eigenvalue weighted by atomic mass is 16.3. The molecule has 6 unspecified atom stereocenters. The number of hydrogen-bond donors (Lipinski definition) is 2. The molecule has 0 spiro atoms. The fourth-order valence-corrected chi connectivity index (χ4v) is 8.08. The van der Waals surface area contributed by atoms with Gasteiger partial charge in [-0.15, -0.1) is 0 Å². The number of aliphatic hydroxyl groups excluding tert-OH is 1. The van der Waals surface area contributed by atoms with Crippen molar-refractivity contribution < 1.29 is 9.90 Å². The Morgan fingerprint density at radius 1 is 1.00 bits per heavy atom. The lowest BCUT2D eigenvalue weighted by Gasteiger charge is -2.64. The third-order valence-electron chi connectivity index (χ3n) is 10.0. The summed E-state index contributed by atoms with van der Waals surface area (Å²) < 4.78 is 0. The molecule has 0 bridgehead atoms. The Morgan fingerprint density at radius 2 is 1.71 bits per heavy atom.